The van der Waals surface area contributed by atoms with Crippen LogP contribution in [-0.2, 0) is 0 Å². The molecule has 2 nitrogen and oxygen atoms in total. The van der Waals surface area contributed by atoms with Crippen LogP contribution in [0.3, 0.4) is 0 Å². The van der Waals surface area contributed by atoms with Gasteiger partial charge in [0.25, 0.3) is 0 Å². The Hall–Kier alpha value is -0.890. The van der Waals surface area contributed by atoms with Crippen LogP contribution >= 0.6 is 0 Å². The highest BCUT2D eigenvalue weighted by atomic mass is 14.9. The molecular weight excluding hydrogens is 184 g/mol. The minimum absolute atomic E-state index is 0.380. The lowest BCUT2D eigenvalue weighted by Crippen LogP contribution is -2.20. The molecule has 0 bridgehead atoms. The van der Waals surface area contributed by atoms with Crippen molar-refractivity contribution in [1.82, 2.24) is 10.3 Å². The quantitative estimate of drug-likeness (QED) is 0.819. The average molecular weight is 206 g/mol. The van der Waals surface area contributed by atoms with Crippen LogP contribution < -0.4 is 5.32 Å². The summed E-state index contributed by atoms with van der Waals surface area (Å²) < 4.78 is 0. The number of aryl methyl sites for hydroxylation is 2. The number of pyridine rings is 1. The van der Waals surface area contributed by atoms with Crippen LogP contribution in [-0.4, -0.2) is 12.0 Å². The Bertz CT molecular complexity index is 318. The lowest BCUT2D eigenvalue weighted by Gasteiger charge is -2.19. The van der Waals surface area contributed by atoms with Gasteiger partial charge in [0.1, 0.15) is 0 Å². The molecule has 15 heavy (non-hydrogen) atoms. The fourth-order valence-electron chi connectivity index (χ4n) is 1.93. The Balaban J connectivity index is 2.91. The van der Waals surface area contributed by atoms with E-state index in [9.17, 15) is 0 Å². The first-order valence-corrected chi connectivity index (χ1v) is 5.65. The highest BCUT2D eigenvalue weighted by Crippen LogP contribution is 2.22. The summed E-state index contributed by atoms with van der Waals surface area (Å²) in [7, 11) is 2.01. The molecule has 1 rings (SSSR count). The largest absolute Gasteiger partial charge is 0.312 e. The van der Waals surface area contributed by atoms with Crippen molar-refractivity contribution in [3.63, 3.8) is 0 Å². The predicted molar refractivity (Wildman–Crippen MR) is 65.0 cm³/mol. The van der Waals surface area contributed by atoms with Gasteiger partial charge in [-0.25, -0.2) is 0 Å². The average Bonchev–Trinajstić information content (AvgIpc) is 2.14. The third-order valence-electron chi connectivity index (χ3n) is 2.64. The summed E-state index contributed by atoms with van der Waals surface area (Å²) in [5, 5.41) is 3.35. The number of nitrogens with zero attached hydrogens (tertiary/aromatic N) is 1. The lowest BCUT2D eigenvalue weighted by molar-refractivity contribution is 0.447. The van der Waals surface area contributed by atoms with Gasteiger partial charge >= 0.3 is 0 Å². The van der Waals surface area contributed by atoms with Crippen molar-refractivity contribution in [3.8, 4) is 0 Å². The van der Waals surface area contributed by atoms with Crippen molar-refractivity contribution in [1.29, 1.82) is 0 Å². The maximum Gasteiger partial charge on any atom is 0.0602 e. The van der Waals surface area contributed by atoms with Gasteiger partial charge in [-0.05, 0) is 44.4 Å². The molecule has 0 fully saturated rings. The highest BCUT2D eigenvalue weighted by molar-refractivity contribution is 5.25. The maximum atomic E-state index is 4.54. The zero-order valence-corrected chi connectivity index (χ0v) is 10.5. The van der Waals surface area contributed by atoms with Gasteiger partial charge in [-0.15, -0.1) is 0 Å². The molecule has 0 saturated carbocycles. The third-order valence-corrected chi connectivity index (χ3v) is 2.64. The minimum atomic E-state index is 0.380. The Labute approximate surface area is 93.1 Å². The Morgan fingerprint density at radius 2 is 2.00 bits per heavy atom. The molecule has 1 unspecified atom stereocenters. The summed E-state index contributed by atoms with van der Waals surface area (Å²) in [5.74, 6) is 0.685. The lowest BCUT2D eigenvalue weighted by atomic mass is 9.98. The second kappa shape index (κ2) is 5.26. The first kappa shape index (κ1) is 12.2. The first-order chi connectivity index (χ1) is 7.04. The number of rotatable bonds is 4. The predicted octanol–water partition coefficient (Wildman–Crippen LogP) is 3.01. The van der Waals surface area contributed by atoms with E-state index in [0.717, 1.165) is 6.42 Å². The minimum Gasteiger partial charge on any atom is -0.312 e. The van der Waals surface area contributed by atoms with Crippen LogP contribution in [0.2, 0.25) is 0 Å². The molecule has 0 radical (unpaired) electrons. The summed E-state index contributed by atoms with van der Waals surface area (Å²) >= 11 is 0. The van der Waals surface area contributed by atoms with Crippen molar-refractivity contribution in [2.75, 3.05) is 7.05 Å². The molecule has 1 heterocycles. The van der Waals surface area contributed by atoms with Gasteiger partial charge in [-0.2, -0.15) is 0 Å². The maximum absolute atomic E-state index is 4.54. The van der Waals surface area contributed by atoms with Crippen molar-refractivity contribution in [3.05, 3.63) is 29.1 Å². The summed E-state index contributed by atoms with van der Waals surface area (Å²) in [6.45, 7) is 8.71. The molecule has 1 atom stereocenters. The molecule has 0 aliphatic heterocycles. The van der Waals surface area contributed by atoms with Gasteiger partial charge in [0.2, 0.25) is 0 Å². The second-order valence-electron chi connectivity index (χ2n) is 4.69. The van der Waals surface area contributed by atoms with E-state index in [4.69, 9.17) is 0 Å². The standard InChI is InChI=1S/C13H22N2/c1-9(2)6-12(14-5)13-11(4)7-10(3)8-15-13/h7-9,12,14H,6H2,1-5H3. The number of hydrogen-bond donors (Lipinski definition) is 1. The Morgan fingerprint density at radius 1 is 1.33 bits per heavy atom. The SMILES string of the molecule is CNC(CC(C)C)c1ncc(C)cc1C. The van der Waals surface area contributed by atoms with Crippen molar-refractivity contribution >= 4 is 0 Å². The van der Waals surface area contributed by atoms with Gasteiger partial charge in [0.05, 0.1) is 5.69 Å². The molecule has 0 aromatic carbocycles. The van der Waals surface area contributed by atoms with E-state index >= 15 is 0 Å². The van der Waals surface area contributed by atoms with Crippen LogP contribution in [0.5, 0.6) is 0 Å². The molecule has 1 aromatic heterocycles. The van der Waals surface area contributed by atoms with Gasteiger partial charge < -0.3 is 5.32 Å². The number of hydrogen-bond acceptors (Lipinski definition) is 2. The molecule has 0 aliphatic rings. The zero-order chi connectivity index (χ0) is 11.4. The van der Waals surface area contributed by atoms with Gasteiger partial charge in [0.15, 0.2) is 0 Å². The summed E-state index contributed by atoms with van der Waals surface area (Å²) in [4.78, 5) is 4.54. The number of nitrogens with one attached hydrogen (secondary N) is 1. The normalized spacial score (nSPS) is 13.2. The fraction of sp³-hybridized carbons (Fsp3) is 0.615. The molecule has 84 valence electrons. The Kier molecular flexibility index (Phi) is 4.28. The molecule has 1 aromatic rings. The summed E-state index contributed by atoms with van der Waals surface area (Å²) in [6, 6.07) is 2.58. The topological polar surface area (TPSA) is 24.9 Å². The van der Waals surface area contributed by atoms with E-state index in [1.54, 1.807) is 0 Å². The van der Waals surface area contributed by atoms with Gasteiger partial charge in [-0.1, -0.05) is 19.9 Å². The molecule has 2 heteroatoms. The number of aromatic nitrogens is 1. The molecule has 0 amide bonds. The molecular formula is C13H22N2. The van der Waals surface area contributed by atoms with Crippen molar-refractivity contribution in [2.24, 2.45) is 5.92 Å². The van der Waals surface area contributed by atoms with E-state index in [2.05, 4.69) is 44.1 Å². The highest BCUT2D eigenvalue weighted by Gasteiger charge is 2.14. The monoisotopic (exact) mass is 206 g/mol. The van der Waals surface area contributed by atoms with Gasteiger partial charge in [0, 0.05) is 12.2 Å². The van der Waals surface area contributed by atoms with E-state index in [1.165, 1.54) is 16.8 Å². The smallest absolute Gasteiger partial charge is 0.0602 e. The third kappa shape index (κ3) is 3.31. The van der Waals surface area contributed by atoms with Crippen molar-refractivity contribution < 1.29 is 0 Å². The van der Waals surface area contributed by atoms with Crippen LogP contribution in [0.25, 0.3) is 0 Å². The summed E-state index contributed by atoms with van der Waals surface area (Å²) in [6.07, 6.45) is 3.08. The van der Waals surface area contributed by atoms with Crippen LogP contribution in [0.1, 0.15) is 43.1 Å². The first-order valence-electron chi connectivity index (χ1n) is 5.65. The fourth-order valence-corrected chi connectivity index (χ4v) is 1.93. The van der Waals surface area contributed by atoms with Crippen LogP contribution in [0.15, 0.2) is 12.3 Å². The summed E-state index contributed by atoms with van der Waals surface area (Å²) in [5.41, 5.74) is 3.71. The molecule has 0 spiro atoms. The van der Waals surface area contributed by atoms with E-state index in [1.807, 2.05) is 13.2 Å². The zero-order valence-electron chi connectivity index (χ0n) is 10.5. The second-order valence-corrected chi connectivity index (χ2v) is 4.69. The van der Waals surface area contributed by atoms with Crippen molar-refractivity contribution in [2.45, 2.75) is 40.2 Å². The Morgan fingerprint density at radius 3 is 2.47 bits per heavy atom. The van der Waals surface area contributed by atoms with E-state index < -0.39 is 0 Å². The van der Waals surface area contributed by atoms with Crippen LogP contribution in [0, 0.1) is 19.8 Å². The molecule has 0 saturated heterocycles. The molecule has 0 aliphatic carbocycles. The molecule has 1 N–H and O–H groups in total. The van der Waals surface area contributed by atoms with E-state index in [0.29, 0.717) is 12.0 Å². The van der Waals surface area contributed by atoms with E-state index in [-0.39, 0.29) is 0 Å². The van der Waals surface area contributed by atoms with Gasteiger partial charge in [-0.3, -0.25) is 4.98 Å². The van der Waals surface area contributed by atoms with Crippen LogP contribution in [0.4, 0.5) is 0 Å².